The number of rotatable bonds is 9. The molecule has 1 aromatic rings. The van der Waals surface area contributed by atoms with Gasteiger partial charge in [0, 0.05) is 31.3 Å². The van der Waals surface area contributed by atoms with E-state index in [0.29, 0.717) is 38.4 Å². The number of carbonyl (C=O) groups is 1. The Morgan fingerprint density at radius 2 is 1.91 bits per heavy atom. The van der Waals surface area contributed by atoms with Crippen molar-refractivity contribution in [2.24, 2.45) is 0 Å². The third kappa shape index (κ3) is 4.67. The summed E-state index contributed by atoms with van der Waals surface area (Å²) in [6.07, 6.45) is 6.69. The SMILES string of the molecule is CC(C)(C(=O)Cc1cc(C2(COC3CCCCO3)CCC2)no1)S(=O)(=O)C1CCOCC1. The van der Waals surface area contributed by atoms with Gasteiger partial charge in [-0.25, -0.2) is 8.42 Å². The van der Waals surface area contributed by atoms with Gasteiger partial charge in [0.15, 0.2) is 21.9 Å². The molecule has 8 nitrogen and oxygen atoms in total. The van der Waals surface area contributed by atoms with Crippen molar-refractivity contribution in [2.75, 3.05) is 26.4 Å². The van der Waals surface area contributed by atoms with Gasteiger partial charge in [0.2, 0.25) is 0 Å². The Labute approximate surface area is 190 Å². The van der Waals surface area contributed by atoms with Gasteiger partial charge in [-0.15, -0.1) is 0 Å². The fourth-order valence-corrected chi connectivity index (χ4v) is 6.79. The van der Waals surface area contributed by atoms with Crippen LogP contribution in [0.5, 0.6) is 0 Å². The molecule has 3 fully saturated rings. The Hall–Kier alpha value is -1.29. The molecule has 1 saturated carbocycles. The fourth-order valence-electron chi connectivity index (χ4n) is 4.75. The van der Waals surface area contributed by atoms with Crippen LogP contribution in [0.2, 0.25) is 0 Å². The van der Waals surface area contributed by atoms with Crippen molar-refractivity contribution in [3.63, 3.8) is 0 Å². The Morgan fingerprint density at radius 3 is 2.53 bits per heavy atom. The first-order valence-electron chi connectivity index (χ1n) is 11.8. The molecule has 0 spiro atoms. The van der Waals surface area contributed by atoms with Crippen molar-refractivity contribution >= 4 is 15.6 Å². The molecule has 0 amide bonds. The number of hydrogen-bond acceptors (Lipinski definition) is 8. The Morgan fingerprint density at radius 1 is 1.16 bits per heavy atom. The molecule has 3 heterocycles. The van der Waals surface area contributed by atoms with Crippen LogP contribution in [-0.4, -0.2) is 62.1 Å². The lowest BCUT2D eigenvalue weighted by Crippen LogP contribution is -2.48. The van der Waals surface area contributed by atoms with E-state index in [1.807, 2.05) is 0 Å². The van der Waals surface area contributed by atoms with Crippen LogP contribution in [0.25, 0.3) is 0 Å². The average Bonchev–Trinajstić information content (AvgIpc) is 3.23. The predicted octanol–water partition coefficient (Wildman–Crippen LogP) is 3.12. The molecule has 2 saturated heterocycles. The van der Waals surface area contributed by atoms with Gasteiger partial charge in [0.05, 0.1) is 24.0 Å². The molecule has 32 heavy (non-hydrogen) atoms. The van der Waals surface area contributed by atoms with E-state index in [1.165, 1.54) is 13.8 Å². The molecule has 1 atom stereocenters. The van der Waals surface area contributed by atoms with Crippen LogP contribution in [0.15, 0.2) is 10.6 Å². The van der Waals surface area contributed by atoms with Crippen molar-refractivity contribution in [3.05, 3.63) is 17.5 Å². The minimum Gasteiger partial charge on any atom is -0.381 e. The third-order valence-corrected chi connectivity index (χ3v) is 10.4. The fraction of sp³-hybridized carbons (Fsp3) is 0.826. The summed E-state index contributed by atoms with van der Waals surface area (Å²) in [5.74, 6) is 0.0293. The van der Waals surface area contributed by atoms with Crippen molar-refractivity contribution in [1.29, 1.82) is 0 Å². The zero-order valence-corrected chi connectivity index (χ0v) is 20.0. The number of sulfone groups is 1. The summed E-state index contributed by atoms with van der Waals surface area (Å²) in [4.78, 5) is 13.1. The summed E-state index contributed by atoms with van der Waals surface area (Å²) in [6, 6.07) is 1.80. The summed E-state index contributed by atoms with van der Waals surface area (Å²) < 4.78 is 47.3. The molecule has 0 aromatic carbocycles. The minimum absolute atomic E-state index is 0.0921. The molecular weight excluding hydrogens is 434 g/mol. The van der Waals surface area contributed by atoms with Crippen LogP contribution in [0, 0.1) is 0 Å². The zero-order valence-electron chi connectivity index (χ0n) is 19.1. The van der Waals surface area contributed by atoms with Gasteiger partial charge < -0.3 is 18.7 Å². The second-order valence-corrected chi connectivity index (χ2v) is 12.7. The van der Waals surface area contributed by atoms with E-state index >= 15 is 0 Å². The number of carbonyl (C=O) groups excluding carboxylic acids is 1. The Kier molecular flexibility index (Phi) is 7.10. The van der Waals surface area contributed by atoms with E-state index in [-0.39, 0.29) is 23.9 Å². The topological polar surface area (TPSA) is 105 Å². The first-order valence-corrected chi connectivity index (χ1v) is 13.3. The molecule has 2 aliphatic heterocycles. The zero-order chi connectivity index (χ0) is 22.8. The second kappa shape index (κ2) is 9.52. The maximum atomic E-state index is 13.1. The lowest BCUT2D eigenvalue weighted by Gasteiger charge is -2.40. The number of Topliss-reactive ketones (excluding diaryl/α,β-unsaturated/α-hetero) is 1. The van der Waals surface area contributed by atoms with E-state index in [0.717, 1.165) is 50.8 Å². The van der Waals surface area contributed by atoms with Crippen molar-refractivity contribution < 1.29 is 31.9 Å². The first kappa shape index (κ1) is 23.9. The van der Waals surface area contributed by atoms with E-state index in [1.54, 1.807) is 6.07 Å². The molecular formula is C23H35NO7S. The summed E-state index contributed by atoms with van der Waals surface area (Å²) in [5.41, 5.74) is 0.572. The summed E-state index contributed by atoms with van der Waals surface area (Å²) in [6.45, 7) is 5.08. The van der Waals surface area contributed by atoms with Crippen LogP contribution in [0.1, 0.15) is 76.7 Å². The van der Waals surface area contributed by atoms with E-state index in [2.05, 4.69) is 5.16 Å². The molecule has 0 radical (unpaired) electrons. The van der Waals surface area contributed by atoms with Crippen molar-refractivity contribution in [2.45, 2.75) is 93.3 Å². The van der Waals surface area contributed by atoms with Crippen LogP contribution in [0.3, 0.4) is 0 Å². The van der Waals surface area contributed by atoms with Crippen LogP contribution < -0.4 is 0 Å². The molecule has 4 rings (SSSR count). The lowest BCUT2D eigenvalue weighted by atomic mass is 9.67. The molecule has 0 bridgehead atoms. The largest absolute Gasteiger partial charge is 0.381 e. The van der Waals surface area contributed by atoms with E-state index in [9.17, 15) is 13.2 Å². The van der Waals surface area contributed by atoms with Crippen LogP contribution in [-0.2, 0) is 40.7 Å². The quantitative estimate of drug-likeness (QED) is 0.543. The van der Waals surface area contributed by atoms with Gasteiger partial charge in [-0.05, 0) is 58.8 Å². The van der Waals surface area contributed by atoms with Crippen molar-refractivity contribution in [3.8, 4) is 0 Å². The van der Waals surface area contributed by atoms with Gasteiger partial charge in [-0.3, -0.25) is 4.79 Å². The van der Waals surface area contributed by atoms with E-state index in [4.69, 9.17) is 18.7 Å². The standard InChI is InChI=1S/C23H35NO7S/c1-22(2,32(26,27)18-7-12-28-13-8-18)20(25)15-17-14-19(24-31-17)23(9-5-10-23)16-30-21-6-3-4-11-29-21/h14,18,21H,3-13,15-16H2,1-2H3. The second-order valence-electron chi connectivity index (χ2n) is 9.89. The highest BCUT2D eigenvalue weighted by atomic mass is 32.2. The Bertz CT molecular complexity index is 891. The normalized spacial score (nSPS) is 24.8. The summed E-state index contributed by atoms with van der Waals surface area (Å²) in [5, 5.41) is 3.70. The summed E-state index contributed by atoms with van der Waals surface area (Å²) >= 11 is 0. The highest BCUT2D eigenvalue weighted by molar-refractivity contribution is 7.94. The third-order valence-electron chi connectivity index (χ3n) is 7.42. The number of ether oxygens (including phenoxy) is 3. The maximum Gasteiger partial charge on any atom is 0.165 e. The van der Waals surface area contributed by atoms with Crippen molar-refractivity contribution in [1.82, 2.24) is 5.16 Å². The molecule has 180 valence electrons. The van der Waals surface area contributed by atoms with Crippen LogP contribution >= 0.6 is 0 Å². The van der Waals surface area contributed by atoms with E-state index < -0.39 is 19.8 Å². The number of nitrogens with zero attached hydrogens (tertiary/aromatic N) is 1. The molecule has 1 unspecified atom stereocenters. The Balaban J connectivity index is 1.41. The van der Waals surface area contributed by atoms with Gasteiger partial charge in [-0.2, -0.15) is 0 Å². The van der Waals surface area contributed by atoms with Gasteiger partial charge in [0.1, 0.15) is 10.5 Å². The lowest BCUT2D eigenvalue weighted by molar-refractivity contribution is -0.177. The number of ketones is 1. The predicted molar refractivity (Wildman–Crippen MR) is 117 cm³/mol. The van der Waals surface area contributed by atoms with Gasteiger partial charge in [-0.1, -0.05) is 11.6 Å². The number of aromatic nitrogens is 1. The number of hydrogen-bond donors (Lipinski definition) is 0. The highest BCUT2D eigenvalue weighted by Gasteiger charge is 2.47. The molecule has 1 aliphatic carbocycles. The first-order chi connectivity index (χ1) is 15.2. The van der Waals surface area contributed by atoms with Gasteiger partial charge in [0.25, 0.3) is 0 Å². The van der Waals surface area contributed by atoms with Crippen LogP contribution in [0.4, 0.5) is 0 Å². The minimum atomic E-state index is -3.64. The smallest absolute Gasteiger partial charge is 0.165 e. The van der Waals surface area contributed by atoms with Gasteiger partial charge >= 0.3 is 0 Å². The average molecular weight is 470 g/mol. The molecule has 3 aliphatic rings. The summed E-state index contributed by atoms with van der Waals surface area (Å²) in [7, 11) is -3.64. The maximum absolute atomic E-state index is 13.1. The highest BCUT2D eigenvalue weighted by Crippen LogP contribution is 2.44. The molecule has 1 aromatic heterocycles. The molecule has 0 N–H and O–H groups in total. The molecule has 9 heteroatoms. The monoisotopic (exact) mass is 469 g/mol.